The predicted molar refractivity (Wildman–Crippen MR) is 87.0 cm³/mol. The van der Waals surface area contributed by atoms with Gasteiger partial charge in [0.05, 0.1) is 18.6 Å². The van der Waals surface area contributed by atoms with Crippen molar-refractivity contribution in [3.63, 3.8) is 0 Å². The zero-order valence-corrected chi connectivity index (χ0v) is 13.2. The van der Waals surface area contributed by atoms with Crippen molar-refractivity contribution in [2.24, 2.45) is 10.9 Å². The highest BCUT2D eigenvalue weighted by Gasteiger charge is 2.21. The fraction of sp³-hybridized carbons (Fsp3) is 0.556. The van der Waals surface area contributed by atoms with Crippen molar-refractivity contribution < 1.29 is 14.3 Å². The number of rotatable bonds is 5. The van der Waals surface area contributed by atoms with E-state index < -0.39 is 0 Å². The van der Waals surface area contributed by atoms with Gasteiger partial charge in [-0.25, -0.2) is 0 Å². The Hall–Kier alpha value is -1.68. The minimum atomic E-state index is -0.143. The maximum Gasteiger partial charge on any atom is 0.311 e. The van der Waals surface area contributed by atoms with Gasteiger partial charge >= 0.3 is 5.97 Å². The molecule has 0 aromatic heterocycles. The van der Waals surface area contributed by atoms with Gasteiger partial charge in [0, 0.05) is 19.2 Å². The minimum Gasteiger partial charge on any atom is -0.461 e. The van der Waals surface area contributed by atoms with E-state index in [4.69, 9.17) is 9.47 Å². The second-order valence-electron chi connectivity index (χ2n) is 5.58. The first kappa shape index (κ1) is 16.7. The molecule has 120 valence electrons. The molecule has 0 aliphatic carbocycles. The van der Waals surface area contributed by atoms with Crippen molar-refractivity contribution in [3.8, 4) is 0 Å². The number of aliphatic imine (C=N–C) groups is 1. The van der Waals surface area contributed by atoms with Crippen molar-refractivity contribution in [2.45, 2.75) is 45.3 Å². The van der Waals surface area contributed by atoms with Crippen LogP contribution in [-0.2, 0) is 20.9 Å². The molecule has 1 heterocycles. The van der Waals surface area contributed by atoms with Crippen molar-refractivity contribution in [3.05, 3.63) is 35.9 Å². The van der Waals surface area contributed by atoms with E-state index in [1.54, 1.807) is 0 Å². The van der Waals surface area contributed by atoms with Gasteiger partial charge in [-0.1, -0.05) is 30.3 Å². The molecular formula is C18H25NO3. The highest BCUT2D eigenvalue weighted by atomic mass is 16.5. The van der Waals surface area contributed by atoms with Gasteiger partial charge in [-0.3, -0.25) is 9.79 Å². The Morgan fingerprint density at radius 2 is 2.09 bits per heavy atom. The lowest BCUT2D eigenvalue weighted by atomic mass is 10.0. The van der Waals surface area contributed by atoms with Crippen LogP contribution in [0, 0.1) is 5.92 Å². The van der Waals surface area contributed by atoms with Crippen LogP contribution in [0.1, 0.15) is 38.2 Å². The Kier molecular flexibility index (Phi) is 7.10. The van der Waals surface area contributed by atoms with E-state index in [1.165, 1.54) is 0 Å². The maximum atomic E-state index is 12.2. The van der Waals surface area contributed by atoms with Gasteiger partial charge in [-0.05, 0) is 31.7 Å². The standard InChI is InChI=1S/C18H25NO3/c1-2-21-17-10-6-9-16(13-19-12-11-17)18(20)22-14-15-7-4-3-5-8-15/h3-5,7-8,12,16-17H,2,6,9-11,13-14H2,1H3. The molecule has 0 fully saturated rings. The molecule has 0 bridgehead atoms. The summed E-state index contributed by atoms with van der Waals surface area (Å²) in [5.74, 6) is -0.281. The molecule has 0 spiro atoms. The van der Waals surface area contributed by atoms with Gasteiger partial charge in [0.2, 0.25) is 0 Å². The summed E-state index contributed by atoms with van der Waals surface area (Å²) in [6.07, 6.45) is 5.71. The van der Waals surface area contributed by atoms with Gasteiger partial charge in [0.1, 0.15) is 6.61 Å². The normalized spacial score (nSPS) is 22.4. The largest absolute Gasteiger partial charge is 0.461 e. The first-order valence-electron chi connectivity index (χ1n) is 8.10. The fourth-order valence-electron chi connectivity index (χ4n) is 2.62. The smallest absolute Gasteiger partial charge is 0.311 e. The van der Waals surface area contributed by atoms with Crippen LogP contribution in [0.15, 0.2) is 35.3 Å². The average molecular weight is 303 g/mol. The number of nitrogens with zero attached hydrogens (tertiary/aromatic N) is 1. The van der Waals surface area contributed by atoms with E-state index in [2.05, 4.69) is 4.99 Å². The quantitative estimate of drug-likeness (QED) is 0.783. The molecule has 0 saturated carbocycles. The highest BCUT2D eigenvalue weighted by molar-refractivity contribution is 5.73. The first-order valence-corrected chi connectivity index (χ1v) is 8.10. The lowest BCUT2D eigenvalue weighted by Crippen LogP contribution is -2.20. The average Bonchev–Trinajstić information content (AvgIpc) is 2.66. The lowest BCUT2D eigenvalue weighted by molar-refractivity contribution is -0.149. The molecule has 22 heavy (non-hydrogen) atoms. The van der Waals surface area contributed by atoms with E-state index in [0.717, 1.165) is 37.9 Å². The minimum absolute atomic E-state index is 0.139. The van der Waals surface area contributed by atoms with Crippen LogP contribution in [-0.4, -0.2) is 31.4 Å². The van der Waals surface area contributed by atoms with E-state index >= 15 is 0 Å². The molecule has 0 amide bonds. The number of hydrogen-bond acceptors (Lipinski definition) is 4. The van der Waals surface area contributed by atoms with Gasteiger partial charge in [-0.15, -0.1) is 0 Å². The van der Waals surface area contributed by atoms with Gasteiger partial charge < -0.3 is 9.47 Å². The molecular weight excluding hydrogens is 278 g/mol. The van der Waals surface area contributed by atoms with Gasteiger partial charge in [0.15, 0.2) is 0 Å². The lowest BCUT2D eigenvalue weighted by Gasteiger charge is -2.15. The first-order chi connectivity index (χ1) is 10.8. The van der Waals surface area contributed by atoms with E-state index in [0.29, 0.717) is 13.2 Å². The zero-order valence-electron chi connectivity index (χ0n) is 13.2. The molecule has 0 radical (unpaired) electrons. The summed E-state index contributed by atoms with van der Waals surface area (Å²) >= 11 is 0. The summed E-state index contributed by atoms with van der Waals surface area (Å²) in [5.41, 5.74) is 1.01. The second kappa shape index (κ2) is 9.36. The second-order valence-corrected chi connectivity index (χ2v) is 5.58. The summed E-state index contributed by atoms with van der Waals surface area (Å²) in [5, 5.41) is 0. The SMILES string of the molecule is CCOC1CC=NCC(C(=O)OCc2ccccc2)CCC1. The summed E-state index contributed by atoms with van der Waals surface area (Å²) in [4.78, 5) is 16.6. The molecule has 1 aliphatic rings. The summed E-state index contributed by atoms with van der Waals surface area (Å²) in [6.45, 7) is 3.59. The Balaban J connectivity index is 1.82. The molecule has 0 N–H and O–H groups in total. The number of esters is 1. The maximum absolute atomic E-state index is 12.2. The van der Waals surface area contributed by atoms with Crippen LogP contribution < -0.4 is 0 Å². The molecule has 4 heteroatoms. The zero-order chi connectivity index (χ0) is 15.6. The number of carbonyl (C=O) groups excluding carboxylic acids is 1. The molecule has 2 unspecified atom stereocenters. The molecule has 1 aliphatic heterocycles. The van der Waals surface area contributed by atoms with Gasteiger partial charge in [0.25, 0.3) is 0 Å². The van der Waals surface area contributed by atoms with Crippen molar-refractivity contribution in [2.75, 3.05) is 13.2 Å². The third-order valence-corrected chi connectivity index (χ3v) is 3.86. The third-order valence-electron chi connectivity index (χ3n) is 3.86. The number of hydrogen-bond donors (Lipinski definition) is 0. The fourth-order valence-corrected chi connectivity index (χ4v) is 2.62. The predicted octanol–water partition coefficient (Wildman–Crippen LogP) is 3.40. The molecule has 2 atom stereocenters. The number of carbonyl (C=O) groups is 1. The summed E-state index contributed by atoms with van der Waals surface area (Å²) in [6, 6.07) is 9.76. The summed E-state index contributed by atoms with van der Waals surface area (Å²) in [7, 11) is 0. The van der Waals surface area contributed by atoms with Crippen molar-refractivity contribution in [1.29, 1.82) is 0 Å². The monoisotopic (exact) mass is 303 g/mol. The van der Waals surface area contributed by atoms with Crippen LogP contribution in [0.25, 0.3) is 0 Å². The van der Waals surface area contributed by atoms with Crippen LogP contribution >= 0.6 is 0 Å². The van der Waals surface area contributed by atoms with Crippen LogP contribution in [0.3, 0.4) is 0 Å². The van der Waals surface area contributed by atoms with Crippen LogP contribution in [0.5, 0.6) is 0 Å². The Morgan fingerprint density at radius 1 is 1.27 bits per heavy atom. The Labute approximate surface area is 132 Å². The van der Waals surface area contributed by atoms with Crippen molar-refractivity contribution >= 4 is 12.2 Å². The van der Waals surface area contributed by atoms with E-state index in [-0.39, 0.29) is 18.0 Å². The molecule has 0 saturated heterocycles. The van der Waals surface area contributed by atoms with Crippen LogP contribution in [0.2, 0.25) is 0 Å². The molecule has 4 nitrogen and oxygen atoms in total. The summed E-state index contributed by atoms with van der Waals surface area (Å²) < 4.78 is 11.1. The van der Waals surface area contributed by atoms with E-state index in [9.17, 15) is 4.79 Å². The molecule has 1 aromatic rings. The Morgan fingerprint density at radius 3 is 2.86 bits per heavy atom. The Bertz CT molecular complexity index is 472. The number of ether oxygens (including phenoxy) is 2. The highest BCUT2D eigenvalue weighted by Crippen LogP contribution is 2.17. The van der Waals surface area contributed by atoms with Crippen LogP contribution in [0.4, 0.5) is 0 Å². The van der Waals surface area contributed by atoms with Gasteiger partial charge in [-0.2, -0.15) is 0 Å². The van der Waals surface area contributed by atoms with E-state index in [1.807, 2.05) is 43.5 Å². The molecule has 1 aromatic carbocycles. The number of benzene rings is 1. The topological polar surface area (TPSA) is 47.9 Å². The third kappa shape index (κ3) is 5.60. The van der Waals surface area contributed by atoms with Crippen molar-refractivity contribution in [1.82, 2.24) is 0 Å². The molecule has 2 rings (SSSR count).